The van der Waals surface area contributed by atoms with Crippen molar-refractivity contribution in [1.29, 1.82) is 0 Å². The van der Waals surface area contributed by atoms with Crippen LogP contribution in [-0.4, -0.2) is 16.5 Å². The number of hydrogen-bond donors (Lipinski definition) is 1. The SMILES string of the molecule is C=C1C[C@@H]2[C@H](CC[C@@]3(C)[C@H]2C=C[C@]3(C)O)[C@@]2(C)CCC(=O)C=C12. The maximum atomic E-state index is 11.9. The van der Waals surface area contributed by atoms with Crippen molar-refractivity contribution < 1.29 is 9.90 Å². The number of allylic oxidation sites excluding steroid dienone is 4. The van der Waals surface area contributed by atoms with E-state index in [1.807, 2.05) is 19.1 Å². The smallest absolute Gasteiger partial charge is 0.156 e. The van der Waals surface area contributed by atoms with E-state index in [1.165, 1.54) is 5.57 Å². The first-order chi connectivity index (χ1) is 10.7. The average molecular weight is 312 g/mol. The third kappa shape index (κ3) is 1.82. The Hall–Kier alpha value is -1.15. The van der Waals surface area contributed by atoms with Gasteiger partial charge < -0.3 is 5.11 Å². The third-order valence-electron chi connectivity index (χ3n) is 7.97. The quantitative estimate of drug-likeness (QED) is 0.680. The first-order valence-corrected chi connectivity index (χ1v) is 9.04. The van der Waals surface area contributed by atoms with E-state index in [-0.39, 0.29) is 16.6 Å². The van der Waals surface area contributed by atoms with E-state index in [1.54, 1.807) is 0 Å². The number of carbonyl (C=O) groups excluding carboxylic acids is 1. The minimum absolute atomic E-state index is 0.0590. The Balaban J connectivity index is 1.77. The fraction of sp³-hybridized carbons (Fsp3) is 0.667. The van der Waals surface area contributed by atoms with Gasteiger partial charge in [0.2, 0.25) is 0 Å². The van der Waals surface area contributed by atoms with Gasteiger partial charge in [0, 0.05) is 11.8 Å². The molecule has 2 nitrogen and oxygen atoms in total. The molecule has 124 valence electrons. The summed E-state index contributed by atoms with van der Waals surface area (Å²) in [5.41, 5.74) is 1.72. The summed E-state index contributed by atoms with van der Waals surface area (Å²) in [6, 6.07) is 0. The molecule has 23 heavy (non-hydrogen) atoms. The molecule has 6 atom stereocenters. The molecule has 2 saturated carbocycles. The molecule has 4 aliphatic carbocycles. The van der Waals surface area contributed by atoms with E-state index >= 15 is 0 Å². The minimum Gasteiger partial charge on any atom is -0.385 e. The van der Waals surface area contributed by atoms with Gasteiger partial charge in [-0.15, -0.1) is 0 Å². The zero-order valence-corrected chi connectivity index (χ0v) is 14.6. The molecular weight excluding hydrogens is 284 g/mol. The van der Waals surface area contributed by atoms with E-state index < -0.39 is 5.60 Å². The summed E-state index contributed by atoms with van der Waals surface area (Å²) in [5, 5.41) is 10.9. The Morgan fingerprint density at radius 1 is 1.26 bits per heavy atom. The van der Waals surface area contributed by atoms with Gasteiger partial charge in [-0.25, -0.2) is 0 Å². The molecule has 2 fully saturated rings. The van der Waals surface area contributed by atoms with Crippen LogP contribution in [0.1, 0.15) is 52.9 Å². The number of carbonyl (C=O) groups is 1. The van der Waals surface area contributed by atoms with E-state index in [4.69, 9.17) is 0 Å². The van der Waals surface area contributed by atoms with Crippen molar-refractivity contribution in [2.45, 2.75) is 58.5 Å². The lowest BCUT2D eigenvalue weighted by atomic mass is 9.45. The van der Waals surface area contributed by atoms with Crippen molar-refractivity contribution in [2.75, 3.05) is 0 Å². The summed E-state index contributed by atoms with van der Waals surface area (Å²) in [5.74, 6) is 1.83. The first kappa shape index (κ1) is 15.4. The van der Waals surface area contributed by atoms with Gasteiger partial charge in [0.1, 0.15) is 0 Å². The summed E-state index contributed by atoms with van der Waals surface area (Å²) in [4.78, 5) is 11.9. The van der Waals surface area contributed by atoms with Crippen LogP contribution in [0.5, 0.6) is 0 Å². The summed E-state index contributed by atoms with van der Waals surface area (Å²) >= 11 is 0. The third-order valence-corrected chi connectivity index (χ3v) is 7.97. The Morgan fingerprint density at radius 2 is 2.00 bits per heavy atom. The van der Waals surface area contributed by atoms with Crippen molar-refractivity contribution in [3.63, 3.8) is 0 Å². The highest BCUT2D eigenvalue weighted by Crippen LogP contribution is 2.66. The molecule has 1 N–H and O–H groups in total. The molecule has 4 rings (SSSR count). The molecule has 0 saturated heterocycles. The van der Waals surface area contributed by atoms with Crippen LogP contribution in [0.3, 0.4) is 0 Å². The number of rotatable bonds is 0. The van der Waals surface area contributed by atoms with Gasteiger partial charge in [-0.3, -0.25) is 4.79 Å². The second-order valence-corrected chi connectivity index (χ2v) is 9.01. The summed E-state index contributed by atoms with van der Waals surface area (Å²) in [6.45, 7) is 10.9. The molecule has 0 heterocycles. The Kier molecular flexibility index (Phi) is 2.99. The Morgan fingerprint density at radius 3 is 2.74 bits per heavy atom. The van der Waals surface area contributed by atoms with Gasteiger partial charge in [0.15, 0.2) is 5.78 Å². The molecule has 0 aromatic rings. The zero-order chi connectivity index (χ0) is 16.6. The predicted octanol–water partition coefficient (Wildman–Crippen LogP) is 4.21. The van der Waals surface area contributed by atoms with Crippen molar-refractivity contribution in [3.05, 3.63) is 36.0 Å². The molecule has 0 spiro atoms. The second kappa shape index (κ2) is 4.47. The number of aliphatic hydroxyl groups is 1. The normalized spacial score (nSPS) is 51.8. The molecule has 0 bridgehead atoms. The van der Waals surface area contributed by atoms with E-state index in [0.717, 1.165) is 31.3 Å². The lowest BCUT2D eigenvalue weighted by Crippen LogP contribution is -2.54. The standard InChI is InChI=1S/C21H28O2/c1-13-11-15-16(19(2)8-5-14(22)12-18(13)19)6-9-20(3)17(15)7-10-21(20,4)23/h7,10,12,15-17,23H,1,5-6,8-9,11H2,2-4H3/t15-,16+,17+,19-,20+,21+/m1/s1. The highest BCUT2D eigenvalue weighted by atomic mass is 16.3. The van der Waals surface area contributed by atoms with Gasteiger partial charge >= 0.3 is 0 Å². The largest absolute Gasteiger partial charge is 0.385 e. The fourth-order valence-corrected chi connectivity index (χ4v) is 6.25. The van der Waals surface area contributed by atoms with Crippen LogP contribution in [0.4, 0.5) is 0 Å². The van der Waals surface area contributed by atoms with Crippen LogP contribution in [0, 0.1) is 28.6 Å². The van der Waals surface area contributed by atoms with Crippen molar-refractivity contribution in [2.24, 2.45) is 28.6 Å². The van der Waals surface area contributed by atoms with Gasteiger partial charge in [-0.1, -0.05) is 38.2 Å². The number of hydrogen-bond acceptors (Lipinski definition) is 2. The Bertz CT molecular complexity index is 653. The molecule has 0 aliphatic heterocycles. The van der Waals surface area contributed by atoms with Gasteiger partial charge in [-0.05, 0) is 67.4 Å². The van der Waals surface area contributed by atoms with Crippen LogP contribution >= 0.6 is 0 Å². The predicted molar refractivity (Wildman–Crippen MR) is 91.8 cm³/mol. The zero-order valence-electron chi connectivity index (χ0n) is 14.6. The number of ketones is 1. The first-order valence-electron chi connectivity index (χ1n) is 9.04. The fourth-order valence-electron chi connectivity index (χ4n) is 6.25. The van der Waals surface area contributed by atoms with Crippen molar-refractivity contribution in [3.8, 4) is 0 Å². The van der Waals surface area contributed by atoms with Crippen LogP contribution < -0.4 is 0 Å². The molecule has 4 aliphatic rings. The summed E-state index contributed by atoms with van der Waals surface area (Å²) in [6.07, 6.45) is 11.0. The highest BCUT2D eigenvalue weighted by Gasteiger charge is 2.61. The lowest BCUT2D eigenvalue weighted by molar-refractivity contribution is -0.118. The van der Waals surface area contributed by atoms with E-state index in [9.17, 15) is 9.90 Å². The summed E-state index contributed by atoms with van der Waals surface area (Å²) in [7, 11) is 0. The van der Waals surface area contributed by atoms with Gasteiger partial charge in [0.05, 0.1) is 5.60 Å². The molecule has 2 heteroatoms. The maximum absolute atomic E-state index is 11.9. The van der Waals surface area contributed by atoms with E-state index in [2.05, 4.69) is 26.5 Å². The molecule has 0 aromatic carbocycles. The molecule has 0 radical (unpaired) electrons. The second-order valence-electron chi connectivity index (χ2n) is 9.01. The average Bonchev–Trinajstić information content (AvgIpc) is 2.72. The van der Waals surface area contributed by atoms with E-state index in [0.29, 0.717) is 24.2 Å². The van der Waals surface area contributed by atoms with Crippen LogP contribution in [0.25, 0.3) is 0 Å². The van der Waals surface area contributed by atoms with Crippen molar-refractivity contribution >= 4 is 5.78 Å². The maximum Gasteiger partial charge on any atom is 0.156 e. The van der Waals surface area contributed by atoms with Gasteiger partial charge in [0.25, 0.3) is 0 Å². The van der Waals surface area contributed by atoms with Crippen LogP contribution in [0.15, 0.2) is 36.0 Å². The molecule has 0 aromatic heterocycles. The van der Waals surface area contributed by atoms with Crippen molar-refractivity contribution in [1.82, 2.24) is 0 Å². The molecule has 0 amide bonds. The highest BCUT2D eigenvalue weighted by molar-refractivity contribution is 5.92. The Labute approximate surface area is 139 Å². The topological polar surface area (TPSA) is 37.3 Å². The number of fused-ring (bicyclic) bond motifs is 5. The van der Waals surface area contributed by atoms with Crippen LogP contribution in [-0.2, 0) is 4.79 Å². The lowest BCUT2D eigenvalue weighted by Gasteiger charge is -2.59. The minimum atomic E-state index is -0.705. The monoisotopic (exact) mass is 312 g/mol. The van der Waals surface area contributed by atoms with Crippen LogP contribution in [0.2, 0.25) is 0 Å². The van der Waals surface area contributed by atoms with Gasteiger partial charge in [-0.2, -0.15) is 0 Å². The summed E-state index contributed by atoms with van der Waals surface area (Å²) < 4.78 is 0. The molecule has 0 unspecified atom stereocenters. The molecular formula is C21H28O2.